The van der Waals surface area contributed by atoms with Crippen molar-refractivity contribution in [1.82, 2.24) is 4.90 Å². The second-order valence-corrected chi connectivity index (χ2v) is 8.32. The molecule has 2 N–H and O–H groups in total. The average Bonchev–Trinajstić information content (AvgIpc) is 3.20. The molecule has 0 unspecified atom stereocenters. The van der Waals surface area contributed by atoms with E-state index < -0.39 is 0 Å². The fourth-order valence-electron chi connectivity index (χ4n) is 4.17. The minimum Gasteiger partial charge on any atom is -0.493 e. The zero-order valence-electron chi connectivity index (χ0n) is 21.5. The molecule has 2 amide bonds. The topological polar surface area (TPSA) is 83.1 Å². The van der Waals surface area contributed by atoms with Crippen LogP contribution in [-0.2, 0) is 9.59 Å². The molecule has 1 heterocycles. The number of methoxy groups -OCH3 is 2. The van der Waals surface area contributed by atoms with Gasteiger partial charge in [-0.15, -0.1) is 0 Å². The van der Waals surface area contributed by atoms with Gasteiger partial charge in [-0.25, -0.2) is 0 Å². The number of carbonyl (C=O) groups excluding carboxylic acids is 2. The number of carbonyl (C=O) groups is 2. The van der Waals surface area contributed by atoms with E-state index in [9.17, 15) is 9.59 Å². The Balaban J connectivity index is 1.79. The second-order valence-electron chi connectivity index (χ2n) is 8.32. The number of hydrogen-bond acceptors (Lipinski definition) is 6. The maximum atomic E-state index is 12.9. The van der Waals surface area contributed by atoms with Gasteiger partial charge in [0, 0.05) is 48.7 Å². The number of allylic oxidation sites excluding steroid dienone is 1. The number of rotatable bonds is 11. The fourth-order valence-corrected chi connectivity index (χ4v) is 4.17. The van der Waals surface area contributed by atoms with Crippen LogP contribution in [0.4, 0.5) is 17.1 Å². The van der Waals surface area contributed by atoms with Crippen LogP contribution in [0.1, 0.15) is 39.2 Å². The molecule has 0 atom stereocenters. The van der Waals surface area contributed by atoms with Crippen molar-refractivity contribution in [3.05, 3.63) is 47.7 Å². The van der Waals surface area contributed by atoms with Gasteiger partial charge >= 0.3 is 0 Å². The zero-order chi connectivity index (χ0) is 25.5. The van der Waals surface area contributed by atoms with Gasteiger partial charge in [0.25, 0.3) is 5.91 Å². The number of anilines is 3. The molecule has 0 saturated heterocycles. The summed E-state index contributed by atoms with van der Waals surface area (Å²) in [6, 6.07) is 11.2. The average molecular weight is 481 g/mol. The molecule has 2 aromatic rings. The molecule has 35 heavy (non-hydrogen) atoms. The summed E-state index contributed by atoms with van der Waals surface area (Å²) in [7, 11) is 4.94. The van der Waals surface area contributed by atoms with Crippen LogP contribution in [0.25, 0.3) is 5.57 Å². The highest BCUT2D eigenvalue weighted by molar-refractivity contribution is 6.32. The van der Waals surface area contributed by atoms with E-state index in [-0.39, 0.29) is 11.8 Å². The summed E-state index contributed by atoms with van der Waals surface area (Å²) in [6.07, 6.45) is 1.11. The molecule has 8 nitrogen and oxygen atoms in total. The molecule has 188 valence electrons. The van der Waals surface area contributed by atoms with Gasteiger partial charge in [-0.2, -0.15) is 0 Å². The minimum atomic E-state index is -0.171. The van der Waals surface area contributed by atoms with Gasteiger partial charge in [-0.1, -0.05) is 20.8 Å². The number of fused-ring (bicyclic) bond motifs is 1. The van der Waals surface area contributed by atoms with Crippen molar-refractivity contribution in [2.75, 3.05) is 56.4 Å². The first-order valence-corrected chi connectivity index (χ1v) is 12.0. The smallest absolute Gasteiger partial charge is 0.258 e. The van der Waals surface area contributed by atoms with Crippen molar-refractivity contribution < 1.29 is 19.1 Å². The number of amides is 2. The standard InChI is InChI=1S/C27H36N4O4/c1-7-21(26-20-16-23(34-5)24(35-6)17-22(20)29-27(26)33)28-18-10-12-19(13-11-18)30(4)25(32)14-15-31(8-2)9-3/h10-13,16-17,28H,7-9,14-15H2,1-6H3,(H,29,33). The molecule has 1 aliphatic rings. The van der Waals surface area contributed by atoms with Gasteiger partial charge in [0.05, 0.1) is 25.5 Å². The van der Waals surface area contributed by atoms with Gasteiger partial charge in [0.2, 0.25) is 5.91 Å². The zero-order valence-corrected chi connectivity index (χ0v) is 21.5. The first-order chi connectivity index (χ1) is 16.9. The summed E-state index contributed by atoms with van der Waals surface area (Å²) in [5, 5.41) is 6.31. The van der Waals surface area contributed by atoms with Crippen molar-refractivity contribution in [2.24, 2.45) is 0 Å². The quantitative estimate of drug-likeness (QED) is 0.458. The molecule has 0 bridgehead atoms. The molecule has 0 fully saturated rings. The van der Waals surface area contributed by atoms with E-state index in [1.807, 2.05) is 37.3 Å². The summed E-state index contributed by atoms with van der Waals surface area (Å²) >= 11 is 0. The van der Waals surface area contributed by atoms with Crippen LogP contribution in [0, 0.1) is 0 Å². The summed E-state index contributed by atoms with van der Waals surface area (Å²) in [5.41, 5.74) is 4.50. The van der Waals surface area contributed by atoms with Gasteiger partial charge in [-0.05, 0) is 49.8 Å². The third-order valence-corrected chi connectivity index (χ3v) is 6.38. The van der Waals surface area contributed by atoms with Crippen molar-refractivity contribution >= 4 is 34.4 Å². The minimum absolute atomic E-state index is 0.0811. The summed E-state index contributed by atoms with van der Waals surface area (Å²) in [5.74, 6) is 1.03. The van der Waals surface area contributed by atoms with E-state index in [1.54, 1.807) is 32.2 Å². The third kappa shape index (κ3) is 5.77. The lowest BCUT2D eigenvalue weighted by Gasteiger charge is -2.21. The number of nitrogens with one attached hydrogen (secondary N) is 2. The highest BCUT2D eigenvalue weighted by Gasteiger charge is 2.29. The van der Waals surface area contributed by atoms with Gasteiger partial charge in [0.1, 0.15) is 0 Å². The predicted molar refractivity (Wildman–Crippen MR) is 141 cm³/mol. The van der Waals surface area contributed by atoms with E-state index in [0.29, 0.717) is 35.6 Å². The molecule has 0 aromatic heterocycles. The Morgan fingerprint density at radius 3 is 2.20 bits per heavy atom. The maximum absolute atomic E-state index is 12.9. The highest BCUT2D eigenvalue weighted by Crippen LogP contribution is 2.42. The number of hydrogen-bond donors (Lipinski definition) is 2. The lowest BCUT2D eigenvalue weighted by Crippen LogP contribution is -2.32. The molecule has 0 radical (unpaired) electrons. The molecule has 1 aliphatic heterocycles. The van der Waals surface area contributed by atoms with Crippen molar-refractivity contribution in [3.8, 4) is 11.5 Å². The van der Waals surface area contributed by atoms with Crippen LogP contribution < -0.4 is 25.0 Å². The molecular formula is C27H36N4O4. The SMILES string of the molecule is CCC(Nc1ccc(N(C)C(=O)CCN(CC)CC)cc1)=C1C(=O)Nc2cc(OC)c(OC)cc21. The third-order valence-electron chi connectivity index (χ3n) is 6.38. The molecule has 3 rings (SSSR count). The van der Waals surface area contributed by atoms with Crippen LogP contribution >= 0.6 is 0 Å². The Kier molecular flexibility index (Phi) is 8.76. The Hall–Kier alpha value is -3.52. The Labute approximate surface area is 207 Å². The number of nitrogens with zero attached hydrogens (tertiary/aromatic N) is 2. The Morgan fingerprint density at radius 2 is 1.63 bits per heavy atom. The van der Waals surface area contributed by atoms with E-state index in [2.05, 4.69) is 29.4 Å². The normalized spacial score (nSPS) is 13.9. The lowest BCUT2D eigenvalue weighted by molar-refractivity contribution is -0.118. The summed E-state index contributed by atoms with van der Waals surface area (Å²) in [6.45, 7) is 8.83. The van der Waals surface area contributed by atoms with Crippen molar-refractivity contribution in [1.29, 1.82) is 0 Å². The number of benzene rings is 2. The molecular weight excluding hydrogens is 444 g/mol. The predicted octanol–water partition coefficient (Wildman–Crippen LogP) is 4.58. The van der Waals surface area contributed by atoms with Gasteiger partial charge in [-0.3, -0.25) is 9.59 Å². The van der Waals surface area contributed by atoms with Crippen LogP contribution in [0.15, 0.2) is 42.1 Å². The summed E-state index contributed by atoms with van der Waals surface area (Å²) in [4.78, 5) is 29.4. The molecule has 0 spiro atoms. The van der Waals surface area contributed by atoms with Crippen LogP contribution in [0.3, 0.4) is 0 Å². The number of ether oxygens (including phenoxy) is 2. The molecule has 0 aliphatic carbocycles. The van der Waals surface area contributed by atoms with Crippen LogP contribution in [0.2, 0.25) is 0 Å². The Bertz CT molecular complexity index is 1090. The van der Waals surface area contributed by atoms with Crippen molar-refractivity contribution in [2.45, 2.75) is 33.6 Å². The van der Waals surface area contributed by atoms with Gasteiger partial charge < -0.3 is 29.9 Å². The maximum Gasteiger partial charge on any atom is 0.258 e. The molecule has 8 heteroatoms. The first kappa shape index (κ1) is 26.1. The second kappa shape index (κ2) is 11.8. The monoisotopic (exact) mass is 480 g/mol. The summed E-state index contributed by atoms with van der Waals surface area (Å²) < 4.78 is 10.8. The van der Waals surface area contributed by atoms with E-state index in [1.165, 1.54) is 0 Å². The highest BCUT2D eigenvalue weighted by atomic mass is 16.5. The van der Waals surface area contributed by atoms with E-state index >= 15 is 0 Å². The first-order valence-electron chi connectivity index (χ1n) is 12.0. The molecule has 2 aromatic carbocycles. The lowest BCUT2D eigenvalue weighted by atomic mass is 10.0. The largest absolute Gasteiger partial charge is 0.493 e. The van der Waals surface area contributed by atoms with E-state index in [4.69, 9.17) is 9.47 Å². The van der Waals surface area contributed by atoms with Crippen molar-refractivity contribution in [3.63, 3.8) is 0 Å². The van der Waals surface area contributed by atoms with Gasteiger partial charge in [0.15, 0.2) is 11.5 Å². The van der Waals surface area contributed by atoms with Crippen LogP contribution in [0.5, 0.6) is 11.5 Å². The fraction of sp³-hybridized carbons (Fsp3) is 0.407. The molecule has 0 saturated carbocycles. The van der Waals surface area contributed by atoms with Crippen LogP contribution in [-0.4, -0.2) is 57.6 Å². The Morgan fingerprint density at radius 1 is 1.00 bits per heavy atom. The van der Waals surface area contributed by atoms with E-state index in [0.717, 1.165) is 42.3 Å².